The molecule has 2 aromatic rings. The Morgan fingerprint density at radius 2 is 1.66 bits per heavy atom. The van der Waals surface area contributed by atoms with Gasteiger partial charge in [-0.3, -0.25) is 13.9 Å². The van der Waals surface area contributed by atoms with Gasteiger partial charge >= 0.3 is 0 Å². The number of aryl methyl sites for hydroxylation is 1. The summed E-state index contributed by atoms with van der Waals surface area (Å²) in [6, 6.07) is 12.6. The monoisotopic (exact) mass is 545 g/mol. The number of carbonyl (C=O) groups excluding carboxylic acids is 2. The summed E-state index contributed by atoms with van der Waals surface area (Å²) in [5.74, 6) is -0.797. The fourth-order valence-electron chi connectivity index (χ4n) is 4.97. The zero-order valence-electron chi connectivity index (χ0n) is 22.7. The molecule has 1 atom stereocenters. The minimum absolute atomic E-state index is 0.0691. The summed E-state index contributed by atoms with van der Waals surface area (Å²) in [5, 5.41) is 3.17. The van der Waals surface area contributed by atoms with Crippen molar-refractivity contribution in [2.45, 2.75) is 83.8 Å². The molecule has 1 aliphatic rings. The maximum Gasteiger partial charge on any atom is 0.243 e. The summed E-state index contributed by atoms with van der Waals surface area (Å²) in [6.07, 6.45) is 7.19. The van der Waals surface area contributed by atoms with E-state index in [0.29, 0.717) is 18.7 Å². The first-order valence-electron chi connectivity index (χ1n) is 13.5. The van der Waals surface area contributed by atoms with Gasteiger partial charge in [-0.1, -0.05) is 56.0 Å². The summed E-state index contributed by atoms with van der Waals surface area (Å²) in [7, 11) is -3.63. The number of carbonyl (C=O) groups is 2. The largest absolute Gasteiger partial charge is 0.352 e. The van der Waals surface area contributed by atoms with Crippen LogP contribution in [0.15, 0.2) is 48.5 Å². The van der Waals surface area contributed by atoms with Gasteiger partial charge in [0.05, 0.1) is 11.9 Å². The molecule has 38 heavy (non-hydrogen) atoms. The number of amides is 2. The van der Waals surface area contributed by atoms with Gasteiger partial charge in [0.25, 0.3) is 0 Å². The number of halogens is 1. The molecule has 3 rings (SSSR count). The second kappa shape index (κ2) is 13.7. The van der Waals surface area contributed by atoms with Crippen molar-refractivity contribution >= 4 is 27.5 Å². The van der Waals surface area contributed by atoms with E-state index in [1.807, 2.05) is 38.1 Å². The fourth-order valence-corrected chi connectivity index (χ4v) is 5.93. The van der Waals surface area contributed by atoms with Crippen molar-refractivity contribution in [3.05, 3.63) is 65.5 Å². The van der Waals surface area contributed by atoms with E-state index in [-0.39, 0.29) is 37.2 Å². The lowest BCUT2D eigenvalue weighted by atomic mass is 9.95. The first-order chi connectivity index (χ1) is 18.1. The van der Waals surface area contributed by atoms with Gasteiger partial charge in [0.1, 0.15) is 11.9 Å². The van der Waals surface area contributed by atoms with E-state index in [1.54, 1.807) is 4.90 Å². The van der Waals surface area contributed by atoms with Crippen molar-refractivity contribution in [2.24, 2.45) is 0 Å². The Balaban J connectivity index is 1.74. The van der Waals surface area contributed by atoms with Crippen LogP contribution in [0.25, 0.3) is 0 Å². The molecule has 0 bridgehead atoms. The topological polar surface area (TPSA) is 86.8 Å². The third-order valence-electron chi connectivity index (χ3n) is 7.08. The van der Waals surface area contributed by atoms with Crippen molar-refractivity contribution in [1.82, 2.24) is 10.2 Å². The minimum Gasteiger partial charge on any atom is -0.352 e. The van der Waals surface area contributed by atoms with Crippen molar-refractivity contribution in [2.75, 3.05) is 17.1 Å². The Hall–Kier alpha value is -2.94. The van der Waals surface area contributed by atoms with E-state index in [0.717, 1.165) is 43.1 Å². The van der Waals surface area contributed by atoms with Gasteiger partial charge in [0.15, 0.2) is 0 Å². The number of sulfonamides is 1. The number of anilines is 1. The SMILES string of the molecule is CCC(C(=O)NC1CCCCC1)N(Cc1ccc(C)cc1)C(=O)CCCN(c1ccc(F)cc1)S(C)(=O)=O. The highest BCUT2D eigenvalue weighted by Gasteiger charge is 2.30. The van der Waals surface area contributed by atoms with Crippen LogP contribution in [-0.4, -0.2) is 50.0 Å². The van der Waals surface area contributed by atoms with Gasteiger partial charge in [-0.2, -0.15) is 0 Å². The zero-order valence-corrected chi connectivity index (χ0v) is 23.5. The van der Waals surface area contributed by atoms with Gasteiger partial charge in [0.2, 0.25) is 21.8 Å². The smallest absolute Gasteiger partial charge is 0.243 e. The molecule has 2 amide bonds. The molecule has 1 fully saturated rings. The second-order valence-electron chi connectivity index (χ2n) is 10.2. The molecule has 1 N–H and O–H groups in total. The third kappa shape index (κ3) is 8.55. The molecule has 1 aliphatic carbocycles. The molecule has 0 heterocycles. The number of hydrogen-bond donors (Lipinski definition) is 1. The molecular weight excluding hydrogens is 505 g/mol. The van der Waals surface area contributed by atoms with Crippen LogP contribution in [0, 0.1) is 12.7 Å². The summed E-state index contributed by atoms with van der Waals surface area (Å²) in [6.45, 7) is 4.26. The normalized spacial score (nSPS) is 15.1. The summed E-state index contributed by atoms with van der Waals surface area (Å²) in [4.78, 5) is 28.5. The summed E-state index contributed by atoms with van der Waals surface area (Å²) >= 11 is 0. The standard InChI is InChI=1S/C29H40FN3O4S/c1-4-27(29(35)31-25-9-6-5-7-10-25)32(21-23-14-12-22(2)13-15-23)28(34)11-8-20-33(38(3,36)37)26-18-16-24(30)17-19-26/h12-19,25,27H,4-11,20-21H2,1-3H3,(H,31,35). The maximum absolute atomic E-state index is 13.6. The van der Waals surface area contributed by atoms with Crippen LogP contribution in [0.2, 0.25) is 0 Å². The molecule has 0 aliphatic heterocycles. The average molecular weight is 546 g/mol. The molecule has 0 aromatic heterocycles. The lowest BCUT2D eigenvalue weighted by molar-refractivity contribution is -0.141. The lowest BCUT2D eigenvalue weighted by Gasteiger charge is -2.33. The van der Waals surface area contributed by atoms with E-state index in [2.05, 4.69) is 5.32 Å². The second-order valence-corrected chi connectivity index (χ2v) is 12.1. The molecule has 208 valence electrons. The van der Waals surface area contributed by atoms with Crippen LogP contribution < -0.4 is 9.62 Å². The predicted octanol–water partition coefficient (Wildman–Crippen LogP) is 4.94. The Morgan fingerprint density at radius 3 is 2.24 bits per heavy atom. The highest BCUT2D eigenvalue weighted by molar-refractivity contribution is 7.92. The van der Waals surface area contributed by atoms with Gasteiger partial charge in [-0.15, -0.1) is 0 Å². The fraction of sp³-hybridized carbons (Fsp3) is 0.517. The third-order valence-corrected chi connectivity index (χ3v) is 8.27. The van der Waals surface area contributed by atoms with Crippen LogP contribution in [0.1, 0.15) is 69.4 Å². The van der Waals surface area contributed by atoms with Crippen molar-refractivity contribution < 1.29 is 22.4 Å². The van der Waals surface area contributed by atoms with Crippen molar-refractivity contribution in [3.8, 4) is 0 Å². The summed E-state index contributed by atoms with van der Waals surface area (Å²) in [5.41, 5.74) is 2.38. The number of hydrogen-bond acceptors (Lipinski definition) is 4. The van der Waals surface area contributed by atoms with Crippen LogP contribution >= 0.6 is 0 Å². The zero-order chi connectivity index (χ0) is 27.7. The van der Waals surface area contributed by atoms with Gasteiger partial charge in [-0.25, -0.2) is 12.8 Å². The molecule has 9 heteroatoms. The van der Waals surface area contributed by atoms with E-state index >= 15 is 0 Å². The number of benzene rings is 2. The minimum atomic E-state index is -3.63. The first kappa shape index (κ1) is 29.6. The quantitative estimate of drug-likeness (QED) is 0.410. The summed E-state index contributed by atoms with van der Waals surface area (Å²) < 4.78 is 39.4. The van der Waals surface area contributed by atoms with Crippen molar-refractivity contribution in [3.63, 3.8) is 0 Å². The van der Waals surface area contributed by atoms with Gasteiger partial charge < -0.3 is 10.2 Å². The highest BCUT2D eigenvalue weighted by atomic mass is 32.2. The van der Waals surface area contributed by atoms with Gasteiger partial charge in [0, 0.05) is 25.6 Å². The number of rotatable bonds is 12. The molecular formula is C29H40FN3O4S. The Labute approximate surface area is 226 Å². The first-order valence-corrected chi connectivity index (χ1v) is 15.3. The number of nitrogens with zero attached hydrogens (tertiary/aromatic N) is 2. The molecule has 0 radical (unpaired) electrons. The van der Waals surface area contributed by atoms with E-state index < -0.39 is 21.9 Å². The van der Waals surface area contributed by atoms with Crippen LogP contribution in [0.3, 0.4) is 0 Å². The predicted molar refractivity (Wildman–Crippen MR) is 149 cm³/mol. The van der Waals surface area contributed by atoms with E-state index in [4.69, 9.17) is 0 Å². The van der Waals surface area contributed by atoms with E-state index in [9.17, 15) is 22.4 Å². The molecule has 1 unspecified atom stereocenters. The van der Waals surface area contributed by atoms with Crippen LogP contribution in [-0.2, 0) is 26.2 Å². The van der Waals surface area contributed by atoms with Gasteiger partial charge in [-0.05, 0) is 62.4 Å². The maximum atomic E-state index is 13.6. The Kier molecular flexibility index (Phi) is 10.7. The lowest BCUT2D eigenvalue weighted by Crippen LogP contribution is -2.51. The molecule has 0 saturated heterocycles. The molecule has 1 saturated carbocycles. The van der Waals surface area contributed by atoms with Crippen molar-refractivity contribution in [1.29, 1.82) is 0 Å². The molecule has 0 spiro atoms. The van der Waals surface area contributed by atoms with E-state index in [1.165, 1.54) is 35.0 Å². The Bertz CT molecular complexity index is 1160. The number of nitrogens with one attached hydrogen (secondary N) is 1. The Morgan fingerprint density at radius 1 is 1.03 bits per heavy atom. The molecule has 2 aromatic carbocycles. The molecule has 7 nitrogen and oxygen atoms in total. The van der Waals surface area contributed by atoms with Crippen LogP contribution in [0.4, 0.5) is 10.1 Å². The average Bonchev–Trinajstić information content (AvgIpc) is 2.88. The highest BCUT2D eigenvalue weighted by Crippen LogP contribution is 2.21. The van der Waals surface area contributed by atoms with Crippen LogP contribution in [0.5, 0.6) is 0 Å².